The minimum Gasteiger partial charge on any atom is -0.507 e. The maximum atomic E-state index is 12.6. The van der Waals surface area contributed by atoms with Crippen molar-refractivity contribution in [2.75, 3.05) is 5.32 Å². The SMILES string of the molecule is CC1(C)SC(=S)N(N=Cc2ccccc2O)C1N(O)C(=O)Nc1ccc([N+](=O)[O-])cc1. The summed E-state index contributed by atoms with van der Waals surface area (Å²) in [6, 6.07) is 10.9. The van der Waals surface area contributed by atoms with Crippen molar-refractivity contribution < 1.29 is 20.0 Å². The molecule has 1 heterocycles. The molecule has 1 atom stereocenters. The number of nitrogens with zero attached hydrogens (tertiary/aromatic N) is 4. The Balaban J connectivity index is 1.80. The highest BCUT2D eigenvalue weighted by atomic mass is 32.2. The molecule has 0 spiro atoms. The number of benzene rings is 2. The lowest BCUT2D eigenvalue weighted by molar-refractivity contribution is -0.384. The average molecular weight is 462 g/mol. The lowest BCUT2D eigenvalue weighted by atomic mass is 10.1. The van der Waals surface area contributed by atoms with E-state index in [1.165, 1.54) is 53.3 Å². The molecule has 0 saturated carbocycles. The van der Waals surface area contributed by atoms with E-state index in [0.29, 0.717) is 14.9 Å². The smallest absolute Gasteiger partial charge is 0.347 e. The van der Waals surface area contributed by atoms with Crippen LogP contribution in [-0.4, -0.2) is 52.8 Å². The molecule has 2 amide bonds. The number of non-ortho nitro benzene ring substituents is 1. The Labute approximate surface area is 187 Å². The Hall–Kier alpha value is -3.22. The van der Waals surface area contributed by atoms with Gasteiger partial charge in [0.2, 0.25) is 0 Å². The molecular weight excluding hydrogens is 442 g/mol. The minimum absolute atomic E-state index is 0.0246. The molecule has 0 bridgehead atoms. The van der Waals surface area contributed by atoms with E-state index in [9.17, 15) is 25.2 Å². The Morgan fingerprint density at radius 1 is 1.32 bits per heavy atom. The summed E-state index contributed by atoms with van der Waals surface area (Å²) >= 11 is 6.63. The van der Waals surface area contributed by atoms with Gasteiger partial charge >= 0.3 is 6.03 Å². The van der Waals surface area contributed by atoms with Gasteiger partial charge in [-0.1, -0.05) is 36.1 Å². The van der Waals surface area contributed by atoms with Crippen molar-refractivity contribution in [3.05, 3.63) is 64.2 Å². The van der Waals surface area contributed by atoms with Crippen molar-refractivity contribution in [1.29, 1.82) is 0 Å². The van der Waals surface area contributed by atoms with Gasteiger partial charge in [0, 0.05) is 23.4 Å². The van der Waals surface area contributed by atoms with Gasteiger partial charge in [0.05, 0.1) is 15.9 Å². The number of hydrogen-bond donors (Lipinski definition) is 3. The summed E-state index contributed by atoms with van der Waals surface area (Å²) in [6.45, 7) is 3.60. The fraction of sp³-hybridized carbons (Fsp3) is 0.211. The van der Waals surface area contributed by atoms with E-state index < -0.39 is 21.9 Å². The number of nitro benzene ring substituents is 1. The fourth-order valence-electron chi connectivity index (χ4n) is 2.91. The van der Waals surface area contributed by atoms with E-state index in [4.69, 9.17) is 12.2 Å². The molecule has 31 heavy (non-hydrogen) atoms. The van der Waals surface area contributed by atoms with E-state index >= 15 is 0 Å². The van der Waals surface area contributed by atoms with E-state index in [1.807, 2.05) is 0 Å². The summed E-state index contributed by atoms with van der Waals surface area (Å²) in [4.78, 5) is 22.9. The predicted octanol–water partition coefficient (Wildman–Crippen LogP) is 4.00. The molecule has 1 unspecified atom stereocenters. The number of aromatic hydroxyl groups is 1. The monoisotopic (exact) mass is 461 g/mol. The number of nitro groups is 1. The molecule has 2 aromatic rings. The summed E-state index contributed by atoms with van der Waals surface area (Å²) in [7, 11) is 0. The highest BCUT2D eigenvalue weighted by Gasteiger charge is 2.50. The first-order valence-corrected chi connectivity index (χ1v) is 10.2. The van der Waals surface area contributed by atoms with Gasteiger partial charge in [0.1, 0.15) is 5.75 Å². The first kappa shape index (κ1) is 22.5. The number of carbonyl (C=O) groups excluding carboxylic acids is 1. The number of hydrazone groups is 1. The molecule has 1 aliphatic rings. The number of anilines is 1. The summed E-state index contributed by atoms with van der Waals surface area (Å²) in [5.41, 5.74) is 0.589. The molecule has 12 heteroatoms. The van der Waals surface area contributed by atoms with Crippen LogP contribution in [0.2, 0.25) is 0 Å². The van der Waals surface area contributed by atoms with Crippen LogP contribution in [0, 0.1) is 10.1 Å². The number of thioether (sulfide) groups is 1. The normalized spacial score (nSPS) is 17.7. The molecule has 0 radical (unpaired) electrons. The second-order valence-corrected chi connectivity index (χ2v) is 9.36. The Morgan fingerprint density at radius 2 is 1.97 bits per heavy atom. The molecule has 10 nitrogen and oxygen atoms in total. The van der Waals surface area contributed by atoms with Crippen LogP contribution in [0.5, 0.6) is 5.75 Å². The van der Waals surface area contributed by atoms with Crippen LogP contribution in [0.1, 0.15) is 19.4 Å². The lowest BCUT2D eigenvalue weighted by Gasteiger charge is -2.34. The number of rotatable bonds is 5. The van der Waals surface area contributed by atoms with Crippen molar-refractivity contribution in [2.45, 2.75) is 24.8 Å². The number of carbonyl (C=O) groups is 1. The highest BCUT2D eigenvalue weighted by molar-refractivity contribution is 8.24. The van der Waals surface area contributed by atoms with Gasteiger partial charge in [0.25, 0.3) is 5.69 Å². The summed E-state index contributed by atoms with van der Waals surface area (Å²) in [6.07, 6.45) is 0.434. The van der Waals surface area contributed by atoms with Crippen LogP contribution in [0.15, 0.2) is 53.6 Å². The van der Waals surface area contributed by atoms with E-state index in [-0.39, 0.29) is 17.1 Å². The summed E-state index contributed by atoms with van der Waals surface area (Å²) in [5.74, 6) is 0.0246. The van der Waals surface area contributed by atoms with Gasteiger partial charge < -0.3 is 10.4 Å². The van der Waals surface area contributed by atoms with Crippen molar-refractivity contribution in [3.8, 4) is 5.75 Å². The van der Waals surface area contributed by atoms with Gasteiger partial charge in [-0.2, -0.15) is 10.2 Å². The molecular formula is C19H19N5O5S2. The maximum absolute atomic E-state index is 12.6. The second-order valence-electron chi connectivity index (χ2n) is 7.07. The number of amides is 2. The standard InChI is InChI=1S/C19H19N5O5S2/c1-19(2)16(22(18(30)31-19)20-11-12-5-3-4-6-15(12)25)23(27)17(26)21-13-7-9-14(10-8-13)24(28)29/h3-11,16,25,27H,1-2H3,(H,21,26). The number of phenols is 1. The zero-order chi connectivity index (χ0) is 22.8. The Bertz CT molecular complexity index is 1040. The summed E-state index contributed by atoms with van der Waals surface area (Å²) in [5, 5.41) is 39.9. The topological polar surface area (TPSA) is 132 Å². The van der Waals surface area contributed by atoms with Crippen LogP contribution < -0.4 is 5.32 Å². The highest BCUT2D eigenvalue weighted by Crippen LogP contribution is 2.42. The number of hydrogen-bond acceptors (Lipinski definition) is 8. The van der Waals surface area contributed by atoms with Gasteiger partial charge in [-0.3, -0.25) is 15.3 Å². The first-order valence-electron chi connectivity index (χ1n) is 8.98. The van der Waals surface area contributed by atoms with Crippen molar-refractivity contribution in [1.82, 2.24) is 10.1 Å². The van der Waals surface area contributed by atoms with Gasteiger partial charge in [-0.05, 0) is 38.1 Å². The van der Waals surface area contributed by atoms with E-state index in [2.05, 4.69) is 10.4 Å². The molecule has 1 aliphatic heterocycles. The van der Waals surface area contributed by atoms with Crippen LogP contribution in [0.25, 0.3) is 0 Å². The van der Waals surface area contributed by atoms with Crippen LogP contribution in [-0.2, 0) is 0 Å². The molecule has 3 N–H and O–H groups in total. The summed E-state index contributed by atoms with van der Waals surface area (Å²) < 4.78 is -0.377. The van der Waals surface area contributed by atoms with E-state index in [1.54, 1.807) is 32.0 Å². The third kappa shape index (κ3) is 4.93. The second kappa shape index (κ2) is 8.88. The largest absolute Gasteiger partial charge is 0.507 e. The predicted molar refractivity (Wildman–Crippen MR) is 121 cm³/mol. The molecule has 1 saturated heterocycles. The number of nitrogens with one attached hydrogen (secondary N) is 1. The Morgan fingerprint density at radius 3 is 2.58 bits per heavy atom. The Kier molecular flexibility index (Phi) is 6.43. The number of urea groups is 1. The van der Waals surface area contributed by atoms with Gasteiger partial charge in [0.15, 0.2) is 10.5 Å². The number of hydroxylamine groups is 2. The lowest BCUT2D eigenvalue weighted by Crippen LogP contribution is -2.54. The van der Waals surface area contributed by atoms with E-state index in [0.717, 1.165) is 0 Å². The number of para-hydroxylation sites is 1. The third-order valence-corrected chi connectivity index (χ3v) is 5.95. The molecule has 2 aromatic carbocycles. The molecule has 162 valence electrons. The maximum Gasteiger partial charge on any atom is 0.347 e. The number of thiocarbonyl (C=S) groups is 1. The number of phenolic OH excluding ortho intramolecular Hbond substituents is 1. The van der Waals surface area contributed by atoms with Crippen LogP contribution in [0.4, 0.5) is 16.2 Å². The first-order chi connectivity index (χ1) is 14.6. The molecule has 0 aromatic heterocycles. The molecule has 0 aliphatic carbocycles. The molecule has 1 fully saturated rings. The van der Waals surface area contributed by atoms with Crippen molar-refractivity contribution in [2.24, 2.45) is 5.10 Å². The third-order valence-electron chi connectivity index (χ3n) is 4.42. The quantitative estimate of drug-likeness (QED) is 0.200. The van der Waals surface area contributed by atoms with Crippen molar-refractivity contribution >= 4 is 51.9 Å². The van der Waals surface area contributed by atoms with Crippen LogP contribution >= 0.6 is 24.0 Å². The minimum atomic E-state index is -0.954. The van der Waals surface area contributed by atoms with Gasteiger partial charge in [-0.25, -0.2) is 9.80 Å². The average Bonchev–Trinajstić information content (AvgIpc) is 2.94. The zero-order valence-electron chi connectivity index (χ0n) is 16.5. The van der Waals surface area contributed by atoms with Crippen LogP contribution in [0.3, 0.4) is 0 Å². The van der Waals surface area contributed by atoms with Crippen molar-refractivity contribution in [3.63, 3.8) is 0 Å². The fourth-order valence-corrected chi connectivity index (χ4v) is 4.69. The molecule has 3 rings (SSSR count). The van der Waals surface area contributed by atoms with Gasteiger partial charge in [-0.15, -0.1) is 0 Å². The zero-order valence-corrected chi connectivity index (χ0v) is 18.1.